The van der Waals surface area contributed by atoms with E-state index in [2.05, 4.69) is 57.4 Å². The van der Waals surface area contributed by atoms with E-state index in [1.807, 2.05) is 10.9 Å². The number of aliphatic hydroxyl groups excluding tert-OH is 1. The summed E-state index contributed by atoms with van der Waals surface area (Å²) in [6, 6.07) is 2.05. The summed E-state index contributed by atoms with van der Waals surface area (Å²) >= 11 is 0. The predicted octanol–water partition coefficient (Wildman–Crippen LogP) is 4.77. The zero-order valence-corrected chi connectivity index (χ0v) is 14.9. The van der Waals surface area contributed by atoms with Crippen molar-refractivity contribution in [1.82, 2.24) is 9.78 Å². The standard InChI is InChI=1S/C17H28N2OS/c1-7-13(4)16-11-15(17(20)21(16,5)6)19-14(8-9-18-19)10-12(2)3/h8-9,11-13,20H,7,10H2,1-6H3. The molecule has 0 aromatic carbocycles. The molecule has 1 aliphatic rings. The van der Waals surface area contributed by atoms with Crippen molar-refractivity contribution in [3.05, 3.63) is 34.0 Å². The Hall–Kier alpha value is -1.16. The molecule has 0 saturated carbocycles. The van der Waals surface area contributed by atoms with Gasteiger partial charge in [-0.3, -0.25) is 0 Å². The maximum atomic E-state index is 10.8. The number of aromatic nitrogens is 2. The second-order valence-electron chi connectivity index (χ2n) is 6.71. The summed E-state index contributed by atoms with van der Waals surface area (Å²) in [6.45, 7) is 8.86. The first-order chi connectivity index (χ1) is 9.78. The van der Waals surface area contributed by atoms with E-state index in [0.717, 1.165) is 18.5 Å². The molecule has 0 radical (unpaired) electrons. The summed E-state index contributed by atoms with van der Waals surface area (Å²) in [5.41, 5.74) is 2.05. The summed E-state index contributed by atoms with van der Waals surface area (Å²) in [6.07, 6.45) is 10.4. The lowest BCUT2D eigenvalue weighted by Gasteiger charge is -2.32. The van der Waals surface area contributed by atoms with Crippen molar-refractivity contribution in [3.63, 3.8) is 0 Å². The normalized spacial score (nSPS) is 20.8. The molecule has 1 atom stereocenters. The van der Waals surface area contributed by atoms with Crippen LogP contribution in [0.25, 0.3) is 5.70 Å². The monoisotopic (exact) mass is 308 g/mol. The highest BCUT2D eigenvalue weighted by molar-refractivity contribution is 8.39. The van der Waals surface area contributed by atoms with E-state index in [4.69, 9.17) is 0 Å². The topological polar surface area (TPSA) is 38.0 Å². The Kier molecular flexibility index (Phi) is 4.57. The van der Waals surface area contributed by atoms with Gasteiger partial charge in [0.25, 0.3) is 0 Å². The quantitative estimate of drug-likeness (QED) is 0.850. The number of hydrogen-bond acceptors (Lipinski definition) is 2. The van der Waals surface area contributed by atoms with Gasteiger partial charge in [-0.05, 0) is 54.2 Å². The number of aliphatic hydroxyl groups is 1. The van der Waals surface area contributed by atoms with Gasteiger partial charge in [-0.15, -0.1) is 0 Å². The van der Waals surface area contributed by atoms with Crippen LogP contribution < -0.4 is 0 Å². The zero-order valence-electron chi connectivity index (χ0n) is 14.1. The van der Waals surface area contributed by atoms with Crippen LogP contribution in [0.5, 0.6) is 0 Å². The van der Waals surface area contributed by atoms with Crippen LogP contribution in [-0.2, 0) is 6.42 Å². The molecule has 1 aromatic rings. The highest BCUT2D eigenvalue weighted by Crippen LogP contribution is 2.63. The highest BCUT2D eigenvalue weighted by Gasteiger charge is 2.34. The van der Waals surface area contributed by atoms with E-state index in [0.29, 0.717) is 16.9 Å². The molecule has 21 heavy (non-hydrogen) atoms. The van der Waals surface area contributed by atoms with Crippen molar-refractivity contribution in [1.29, 1.82) is 0 Å². The molecule has 1 unspecified atom stereocenters. The molecule has 4 heteroatoms. The molecule has 1 N–H and O–H groups in total. The fourth-order valence-electron chi connectivity index (χ4n) is 2.84. The number of rotatable bonds is 5. The van der Waals surface area contributed by atoms with E-state index in [1.165, 1.54) is 10.6 Å². The van der Waals surface area contributed by atoms with E-state index >= 15 is 0 Å². The molecule has 2 rings (SSSR count). The lowest BCUT2D eigenvalue weighted by Crippen LogP contribution is -2.08. The maximum Gasteiger partial charge on any atom is 0.162 e. The largest absolute Gasteiger partial charge is 0.501 e. The highest BCUT2D eigenvalue weighted by atomic mass is 32.3. The molecule has 0 saturated heterocycles. The Bertz CT molecular complexity index is 581. The number of nitrogens with zero attached hydrogens (tertiary/aromatic N) is 2. The van der Waals surface area contributed by atoms with Gasteiger partial charge < -0.3 is 5.11 Å². The van der Waals surface area contributed by atoms with E-state index in [1.54, 1.807) is 0 Å². The van der Waals surface area contributed by atoms with E-state index in [-0.39, 0.29) is 0 Å². The Morgan fingerprint density at radius 2 is 1.95 bits per heavy atom. The third kappa shape index (κ3) is 2.91. The number of allylic oxidation sites excluding steroid dienone is 3. The van der Waals surface area contributed by atoms with Gasteiger partial charge in [0.05, 0.1) is 0 Å². The molecule has 118 valence electrons. The average molecular weight is 308 g/mol. The van der Waals surface area contributed by atoms with Crippen LogP contribution in [-0.4, -0.2) is 27.4 Å². The summed E-state index contributed by atoms with van der Waals surface area (Å²) < 4.78 is 1.93. The van der Waals surface area contributed by atoms with Crippen molar-refractivity contribution < 1.29 is 5.11 Å². The van der Waals surface area contributed by atoms with E-state index < -0.39 is 10.0 Å². The van der Waals surface area contributed by atoms with Crippen molar-refractivity contribution in [3.8, 4) is 0 Å². The minimum absolute atomic E-state index is 0.499. The predicted molar refractivity (Wildman–Crippen MR) is 93.6 cm³/mol. The molecule has 0 aliphatic carbocycles. The molecular weight excluding hydrogens is 280 g/mol. The molecular formula is C17H28N2OS. The van der Waals surface area contributed by atoms with Gasteiger partial charge in [0.15, 0.2) is 5.09 Å². The maximum absolute atomic E-state index is 10.8. The summed E-state index contributed by atoms with van der Waals surface area (Å²) in [5, 5.41) is 15.7. The van der Waals surface area contributed by atoms with Gasteiger partial charge in [-0.2, -0.15) is 15.1 Å². The van der Waals surface area contributed by atoms with Crippen LogP contribution in [0.15, 0.2) is 28.3 Å². The first kappa shape index (κ1) is 16.2. The lowest BCUT2D eigenvalue weighted by molar-refractivity contribution is 0.453. The first-order valence-electron chi connectivity index (χ1n) is 7.70. The molecule has 2 heterocycles. The molecule has 0 fully saturated rings. The third-order valence-corrected chi connectivity index (χ3v) is 7.11. The van der Waals surface area contributed by atoms with E-state index in [9.17, 15) is 5.11 Å². The minimum Gasteiger partial charge on any atom is -0.501 e. The third-order valence-electron chi connectivity index (χ3n) is 4.24. The molecule has 3 nitrogen and oxygen atoms in total. The van der Waals surface area contributed by atoms with Gasteiger partial charge >= 0.3 is 0 Å². The lowest BCUT2D eigenvalue weighted by atomic mass is 10.1. The van der Waals surface area contributed by atoms with Crippen molar-refractivity contribution in [2.24, 2.45) is 11.8 Å². The fraction of sp³-hybridized carbons (Fsp3) is 0.588. The zero-order chi connectivity index (χ0) is 15.8. The minimum atomic E-state index is -1.26. The SMILES string of the molecule is CCC(C)C1=CC(n2nccc2CC(C)C)=C(O)S1(C)C. The van der Waals surface area contributed by atoms with Gasteiger partial charge in [0, 0.05) is 11.9 Å². The summed E-state index contributed by atoms with van der Waals surface area (Å²) in [7, 11) is -1.26. The Labute approximate surface area is 130 Å². The molecule has 0 spiro atoms. The van der Waals surface area contributed by atoms with Gasteiger partial charge in [0.1, 0.15) is 5.70 Å². The molecule has 0 amide bonds. The summed E-state index contributed by atoms with van der Waals surface area (Å²) in [4.78, 5) is 1.38. The van der Waals surface area contributed by atoms with Crippen LogP contribution in [0, 0.1) is 11.8 Å². The molecule has 1 aliphatic heterocycles. The second kappa shape index (κ2) is 5.91. The van der Waals surface area contributed by atoms with Gasteiger partial charge in [-0.1, -0.05) is 27.7 Å². The molecule has 0 bridgehead atoms. The second-order valence-corrected chi connectivity index (χ2v) is 10.2. The summed E-state index contributed by atoms with van der Waals surface area (Å²) in [5.74, 6) is 1.07. The number of hydrogen-bond donors (Lipinski definition) is 1. The van der Waals surface area contributed by atoms with Gasteiger partial charge in [-0.25, -0.2) is 4.68 Å². The average Bonchev–Trinajstić information content (AvgIpc) is 2.93. The smallest absolute Gasteiger partial charge is 0.162 e. The Morgan fingerprint density at radius 3 is 2.52 bits per heavy atom. The van der Waals surface area contributed by atoms with Crippen LogP contribution in [0.1, 0.15) is 39.8 Å². The Morgan fingerprint density at radius 1 is 1.29 bits per heavy atom. The fourth-order valence-corrected chi connectivity index (χ4v) is 5.31. The van der Waals surface area contributed by atoms with Crippen LogP contribution in [0.4, 0.5) is 0 Å². The molecule has 1 aromatic heterocycles. The van der Waals surface area contributed by atoms with Crippen LogP contribution >= 0.6 is 10.0 Å². The van der Waals surface area contributed by atoms with Crippen molar-refractivity contribution in [2.45, 2.75) is 40.5 Å². The van der Waals surface area contributed by atoms with Crippen molar-refractivity contribution >= 4 is 15.7 Å². The first-order valence-corrected chi connectivity index (χ1v) is 10.2. The Balaban J connectivity index is 2.46. The van der Waals surface area contributed by atoms with Crippen molar-refractivity contribution in [2.75, 3.05) is 12.5 Å². The van der Waals surface area contributed by atoms with Crippen LogP contribution in [0.2, 0.25) is 0 Å². The van der Waals surface area contributed by atoms with Crippen LogP contribution in [0.3, 0.4) is 0 Å². The van der Waals surface area contributed by atoms with Gasteiger partial charge in [0.2, 0.25) is 0 Å².